The fourth-order valence-corrected chi connectivity index (χ4v) is 3.69. The molecule has 7 heteroatoms. The fourth-order valence-electron chi connectivity index (χ4n) is 1.55. The summed E-state index contributed by atoms with van der Waals surface area (Å²) >= 11 is 0. The summed E-state index contributed by atoms with van der Waals surface area (Å²) in [6, 6.07) is 0. The molecule has 0 N–H and O–H groups in total. The number of hydrogen-bond donors (Lipinski definition) is 0. The Balaban J connectivity index is 4.28. The van der Waals surface area contributed by atoms with Crippen molar-refractivity contribution in [2.24, 2.45) is 0 Å². The van der Waals surface area contributed by atoms with Gasteiger partial charge in [0.2, 0.25) is 0 Å². The molecule has 116 valence electrons. The molecular weight excluding hydrogens is 281 g/mol. The van der Waals surface area contributed by atoms with Crippen LogP contribution in [0.3, 0.4) is 0 Å². The van der Waals surface area contributed by atoms with Crippen LogP contribution in [0.5, 0.6) is 0 Å². The van der Waals surface area contributed by atoms with Gasteiger partial charge < -0.3 is 9.47 Å². The van der Waals surface area contributed by atoms with E-state index in [0.717, 1.165) is 12.2 Å². The minimum atomic E-state index is -2.44. The first-order chi connectivity index (χ1) is 9.16. The van der Waals surface area contributed by atoms with Crippen LogP contribution in [0.1, 0.15) is 13.8 Å². The van der Waals surface area contributed by atoms with Crippen molar-refractivity contribution in [2.45, 2.75) is 13.8 Å². The van der Waals surface area contributed by atoms with Crippen LogP contribution in [0.15, 0.2) is 12.2 Å². The Labute approximate surface area is 120 Å². The summed E-state index contributed by atoms with van der Waals surface area (Å²) in [5, 5.41) is 0. The SMILES string of the molecule is CCOC(=O)C=CC(=O)OCCP(=O)(CC)[N+](C)(C)C. The van der Waals surface area contributed by atoms with E-state index in [2.05, 4.69) is 4.74 Å². The third-order valence-electron chi connectivity index (χ3n) is 2.91. The standard InChI is InChI=1S/C13H25NO5P/c1-6-18-12(15)8-9-13(16)19-10-11-20(17,7-2)14(3,4)5/h8-9H,6-7,10-11H2,1-5H3/q+1. The average molecular weight is 306 g/mol. The molecule has 1 atom stereocenters. The topological polar surface area (TPSA) is 69.7 Å². The van der Waals surface area contributed by atoms with Gasteiger partial charge in [-0.15, -0.1) is 0 Å². The number of rotatable bonds is 8. The van der Waals surface area contributed by atoms with Gasteiger partial charge in [-0.3, -0.25) is 8.82 Å². The van der Waals surface area contributed by atoms with Gasteiger partial charge in [0.25, 0.3) is 7.29 Å². The van der Waals surface area contributed by atoms with Gasteiger partial charge >= 0.3 is 11.9 Å². The maximum atomic E-state index is 12.6. The monoisotopic (exact) mass is 306 g/mol. The van der Waals surface area contributed by atoms with Crippen LogP contribution < -0.4 is 0 Å². The number of carbonyl (C=O) groups is 2. The van der Waals surface area contributed by atoms with Crippen molar-refractivity contribution in [1.82, 2.24) is 0 Å². The Kier molecular flexibility index (Phi) is 7.76. The van der Waals surface area contributed by atoms with Crippen molar-refractivity contribution in [3.05, 3.63) is 12.2 Å². The number of nitrogens with zero attached hydrogens (tertiary/aromatic N) is 1. The molecule has 20 heavy (non-hydrogen) atoms. The van der Waals surface area contributed by atoms with E-state index in [1.807, 2.05) is 28.1 Å². The molecule has 0 aromatic rings. The Hall–Kier alpha value is -1.13. The van der Waals surface area contributed by atoms with Gasteiger partial charge in [0.1, 0.15) is 6.61 Å². The van der Waals surface area contributed by atoms with Crippen molar-refractivity contribution >= 4 is 19.2 Å². The van der Waals surface area contributed by atoms with Gasteiger partial charge in [-0.2, -0.15) is 0 Å². The van der Waals surface area contributed by atoms with Crippen LogP contribution in [0.25, 0.3) is 0 Å². The third kappa shape index (κ3) is 6.35. The molecule has 0 aromatic carbocycles. The summed E-state index contributed by atoms with van der Waals surface area (Å²) in [6.45, 7) is 3.87. The van der Waals surface area contributed by atoms with Crippen LogP contribution in [0.4, 0.5) is 0 Å². The lowest BCUT2D eigenvalue weighted by molar-refractivity contribution is -0.746. The summed E-state index contributed by atoms with van der Waals surface area (Å²) in [7, 11) is 3.16. The molecule has 0 rings (SSSR count). The molecule has 0 amide bonds. The Morgan fingerprint density at radius 3 is 1.95 bits per heavy atom. The van der Waals surface area contributed by atoms with Crippen LogP contribution in [0, 0.1) is 0 Å². The van der Waals surface area contributed by atoms with Crippen LogP contribution in [-0.2, 0) is 23.6 Å². The van der Waals surface area contributed by atoms with Crippen LogP contribution in [-0.4, -0.2) is 62.9 Å². The van der Waals surface area contributed by atoms with Crippen molar-refractivity contribution in [1.29, 1.82) is 0 Å². The molecule has 0 aromatic heterocycles. The highest BCUT2D eigenvalue weighted by molar-refractivity contribution is 7.58. The predicted molar refractivity (Wildman–Crippen MR) is 77.8 cm³/mol. The molecule has 1 unspecified atom stereocenters. The second-order valence-electron chi connectivity index (χ2n) is 5.08. The van der Waals surface area contributed by atoms with Crippen molar-refractivity contribution in [3.63, 3.8) is 0 Å². The molecule has 0 radical (unpaired) electrons. The van der Waals surface area contributed by atoms with E-state index in [9.17, 15) is 14.2 Å². The first-order valence-electron chi connectivity index (χ1n) is 6.58. The molecule has 0 saturated carbocycles. The molecule has 0 aliphatic rings. The molecular formula is C13H25NO5P+. The van der Waals surface area contributed by atoms with Gasteiger partial charge in [0.05, 0.1) is 33.9 Å². The highest BCUT2D eigenvalue weighted by Gasteiger charge is 2.34. The van der Waals surface area contributed by atoms with E-state index in [4.69, 9.17) is 4.74 Å². The fraction of sp³-hybridized carbons (Fsp3) is 0.692. The van der Waals surface area contributed by atoms with Gasteiger partial charge in [-0.1, -0.05) is 6.92 Å². The van der Waals surface area contributed by atoms with E-state index in [0.29, 0.717) is 16.6 Å². The summed E-state index contributed by atoms with van der Waals surface area (Å²) < 4.78 is 22.6. The number of esters is 2. The quantitative estimate of drug-likeness (QED) is 0.387. The summed E-state index contributed by atoms with van der Waals surface area (Å²) in [5.74, 6) is -1.22. The largest absolute Gasteiger partial charge is 0.463 e. The Bertz CT molecular complexity index is 411. The first kappa shape index (κ1) is 18.9. The number of carbonyl (C=O) groups excluding carboxylic acids is 2. The van der Waals surface area contributed by atoms with Crippen LogP contribution in [0.2, 0.25) is 0 Å². The zero-order chi connectivity index (χ0) is 15.8. The number of quaternary nitrogens is 1. The molecule has 0 heterocycles. The molecule has 0 fully saturated rings. The lowest BCUT2D eigenvalue weighted by Gasteiger charge is -2.33. The van der Waals surface area contributed by atoms with E-state index < -0.39 is 19.2 Å². The first-order valence-corrected chi connectivity index (χ1v) is 8.61. The maximum Gasteiger partial charge on any atom is 0.331 e. The van der Waals surface area contributed by atoms with Gasteiger partial charge in [-0.25, -0.2) is 9.59 Å². The van der Waals surface area contributed by atoms with Crippen molar-refractivity contribution in [3.8, 4) is 0 Å². The second-order valence-corrected chi connectivity index (χ2v) is 9.05. The van der Waals surface area contributed by atoms with E-state index in [1.54, 1.807) is 6.92 Å². The third-order valence-corrected chi connectivity index (χ3v) is 6.97. The molecule has 0 aliphatic heterocycles. The summed E-state index contributed by atoms with van der Waals surface area (Å²) in [4.78, 5) is 22.4. The van der Waals surface area contributed by atoms with Gasteiger partial charge in [0, 0.05) is 18.3 Å². The Morgan fingerprint density at radius 1 is 1.05 bits per heavy atom. The van der Waals surface area contributed by atoms with Gasteiger partial charge in [0.15, 0.2) is 0 Å². The van der Waals surface area contributed by atoms with Crippen LogP contribution >= 0.6 is 7.29 Å². The molecule has 6 nitrogen and oxygen atoms in total. The van der Waals surface area contributed by atoms with Crippen molar-refractivity contribution in [2.75, 3.05) is 46.7 Å². The van der Waals surface area contributed by atoms with E-state index in [1.165, 1.54) is 0 Å². The lowest BCUT2D eigenvalue weighted by Crippen LogP contribution is -2.33. The predicted octanol–water partition coefficient (Wildman–Crippen LogP) is 1.65. The zero-order valence-corrected chi connectivity index (χ0v) is 13.8. The van der Waals surface area contributed by atoms with Gasteiger partial charge in [-0.05, 0) is 6.92 Å². The highest BCUT2D eigenvalue weighted by atomic mass is 31.2. The number of ether oxygens (including phenoxy) is 2. The Morgan fingerprint density at radius 2 is 1.55 bits per heavy atom. The maximum absolute atomic E-state index is 12.6. The molecule has 0 bridgehead atoms. The molecule has 0 spiro atoms. The highest BCUT2D eigenvalue weighted by Crippen LogP contribution is 2.51. The second kappa shape index (κ2) is 8.22. The molecule has 0 aliphatic carbocycles. The smallest absolute Gasteiger partial charge is 0.331 e. The minimum absolute atomic E-state index is 0.0760. The summed E-state index contributed by atoms with van der Waals surface area (Å²) in [6.07, 6.45) is 2.91. The normalized spacial score (nSPS) is 14.8. The lowest BCUT2D eigenvalue weighted by atomic mass is 10.5. The minimum Gasteiger partial charge on any atom is -0.463 e. The van der Waals surface area contributed by atoms with Crippen molar-refractivity contribution < 1.29 is 27.9 Å². The molecule has 0 saturated heterocycles. The summed E-state index contributed by atoms with van der Waals surface area (Å²) in [5.41, 5.74) is 0. The van der Waals surface area contributed by atoms with E-state index >= 15 is 0 Å². The zero-order valence-electron chi connectivity index (χ0n) is 12.9. The number of hydrogen-bond acceptors (Lipinski definition) is 5. The van der Waals surface area contributed by atoms with E-state index in [-0.39, 0.29) is 13.2 Å². The average Bonchev–Trinajstić information content (AvgIpc) is 2.35.